The lowest BCUT2D eigenvalue weighted by Gasteiger charge is -2.24. The van der Waals surface area contributed by atoms with Gasteiger partial charge in [-0.05, 0) is 55.9 Å². The molecule has 1 aromatic rings. The molecule has 116 valence electrons. The van der Waals surface area contributed by atoms with E-state index in [-0.39, 0.29) is 35.7 Å². The quantitative estimate of drug-likeness (QED) is 0.820. The van der Waals surface area contributed by atoms with E-state index in [0.717, 1.165) is 34.1 Å². The summed E-state index contributed by atoms with van der Waals surface area (Å²) in [6.07, 6.45) is 1.88. The Morgan fingerprint density at radius 2 is 2.05 bits per heavy atom. The zero-order valence-electron chi connectivity index (χ0n) is 12.6. The third-order valence-electron chi connectivity index (χ3n) is 5.76. The van der Waals surface area contributed by atoms with Gasteiger partial charge in [0.25, 0.3) is 0 Å². The van der Waals surface area contributed by atoms with E-state index in [2.05, 4.69) is 21.2 Å². The van der Waals surface area contributed by atoms with Gasteiger partial charge in [-0.15, -0.1) is 0 Å². The maximum absolute atomic E-state index is 12.8. The molecule has 0 unspecified atom stereocenters. The van der Waals surface area contributed by atoms with Gasteiger partial charge in [-0.2, -0.15) is 0 Å². The summed E-state index contributed by atoms with van der Waals surface area (Å²) < 4.78 is 6.44. The lowest BCUT2D eigenvalue weighted by Crippen LogP contribution is -2.36. The smallest absolute Gasteiger partial charge is 0.310 e. The van der Waals surface area contributed by atoms with Crippen LogP contribution in [0.5, 0.6) is 0 Å². The molecule has 3 aliphatic rings. The van der Waals surface area contributed by atoms with E-state index in [9.17, 15) is 9.59 Å². The maximum Gasteiger partial charge on any atom is 0.310 e. The number of ether oxygens (including phenoxy) is 1. The van der Waals surface area contributed by atoms with Gasteiger partial charge in [-0.1, -0.05) is 15.9 Å². The zero-order valence-corrected chi connectivity index (χ0v) is 14.1. The number of carbonyl (C=O) groups is 2. The van der Waals surface area contributed by atoms with E-state index >= 15 is 0 Å². The molecule has 1 amide bonds. The lowest BCUT2D eigenvalue weighted by atomic mass is 9.79. The second-order valence-corrected chi connectivity index (χ2v) is 7.61. The fraction of sp³-hybridized carbons (Fsp3) is 0.529. The SMILES string of the molecule is Cc1c(Br)ccc(NC(=O)[C@@H]2[C@@H]3C[C@H]4[C@@H]2C(=O)O[C@@H]4C3)c1C. The van der Waals surface area contributed by atoms with Crippen LogP contribution in [0.15, 0.2) is 16.6 Å². The standard InChI is InChI=1S/C17H18BrNO3/c1-7-8(2)12(4-3-11(7)18)19-16(20)14-9-5-10-13(6-9)22-17(21)15(10)14/h3-4,9-10,13-15H,5-6H2,1-2H3,(H,19,20)/t9-,10-,13-,14-,15+/m1/s1. The van der Waals surface area contributed by atoms with Gasteiger partial charge in [0.15, 0.2) is 0 Å². The molecule has 0 radical (unpaired) electrons. The second-order valence-electron chi connectivity index (χ2n) is 6.76. The molecule has 2 aliphatic carbocycles. The number of carbonyl (C=O) groups excluding carboxylic acids is 2. The largest absolute Gasteiger partial charge is 0.462 e. The van der Waals surface area contributed by atoms with Crippen LogP contribution in [0.3, 0.4) is 0 Å². The maximum atomic E-state index is 12.8. The Morgan fingerprint density at radius 3 is 2.82 bits per heavy atom. The van der Waals surface area contributed by atoms with Crippen molar-refractivity contribution < 1.29 is 14.3 Å². The van der Waals surface area contributed by atoms with Crippen LogP contribution in [-0.2, 0) is 14.3 Å². The predicted octanol–water partition coefficient (Wildman–Crippen LogP) is 3.20. The van der Waals surface area contributed by atoms with Crippen molar-refractivity contribution in [2.24, 2.45) is 23.7 Å². The summed E-state index contributed by atoms with van der Waals surface area (Å²) in [6, 6.07) is 3.85. The molecule has 2 saturated carbocycles. The number of esters is 1. The summed E-state index contributed by atoms with van der Waals surface area (Å²) in [7, 11) is 0. The number of hydrogen-bond acceptors (Lipinski definition) is 3. The molecule has 1 aliphatic heterocycles. The number of anilines is 1. The van der Waals surface area contributed by atoms with Crippen LogP contribution in [0.4, 0.5) is 5.69 Å². The molecule has 22 heavy (non-hydrogen) atoms. The first-order chi connectivity index (χ1) is 10.5. The van der Waals surface area contributed by atoms with Gasteiger partial charge in [0, 0.05) is 16.1 Å². The summed E-state index contributed by atoms with van der Waals surface area (Å²) in [5.41, 5.74) is 3.00. The number of rotatable bonds is 2. The fourth-order valence-corrected chi connectivity index (χ4v) is 4.93. The molecular weight excluding hydrogens is 346 g/mol. The van der Waals surface area contributed by atoms with Gasteiger partial charge < -0.3 is 10.1 Å². The third kappa shape index (κ3) is 1.87. The van der Waals surface area contributed by atoms with Crippen LogP contribution in [0.1, 0.15) is 24.0 Å². The number of nitrogens with one attached hydrogen (secondary N) is 1. The molecule has 0 spiro atoms. The van der Waals surface area contributed by atoms with Gasteiger partial charge in [-0.25, -0.2) is 0 Å². The molecule has 5 heteroatoms. The number of halogens is 1. The van der Waals surface area contributed by atoms with Gasteiger partial charge in [0.1, 0.15) is 6.10 Å². The van der Waals surface area contributed by atoms with Crippen LogP contribution in [-0.4, -0.2) is 18.0 Å². The van der Waals surface area contributed by atoms with Gasteiger partial charge in [0.05, 0.1) is 11.8 Å². The molecular formula is C17H18BrNO3. The van der Waals surface area contributed by atoms with Crippen molar-refractivity contribution >= 4 is 33.5 Å². The molecule has 1 aromatic carbocycles. The predicted molar refractivity (Wildman–Crippen MR) is 85.3 cm³/mol. The van der Waals surface area contributed by atoms with Crippen molar-refractivity contribution in [1.29, 1.82) is 0 Å². The molecule has 1 N–H and O–H groups in total. The van der Waals surface area contributed by atoms with E-state index in [1.165, 1.54) is 0 Å². The third-order valence-corrected chi connectivity index (χ3v) is 6.62. The summed E-state index contributed by atoms with van der Waals surface area (Å²) in [5.74, 6) is -0.0806. The minimum Gasteiger partial charge on any atom is -0.462 e. The van der Waals surface area contributed by atoms with Crippen LogP contribution in [0.2, 0.25) is 0 Å². The van der Waals surface area contributed by atoms with Gasteiger partial charge in [-0.3, -0.25) is 9.59 Å². The molecule has 4 nitrogen and oxygen atoms in total. The molecule has 4 rings (SSSR count). The monoisotopic (exact) mass is 363 g/mol. The number of amides is 1. The van der Waals surface area contributed by atoms with Crippen LogP contribution < -0.4 is 5.32 Å². The Bertz CT molecular complexity index is 685. The van der Waals surface area contributed by atoms with Crippen molar-refractivity contribution in [2.45, 2.75) is 32.8 Å². The number of fused-ring (bicyclic) bond motifs is 1. The molecule has 3 fully saturated rings. The van der Waals surface area contributed by atoms with E-state index < -0.39 is 0 Å². The van der Waals surface area contributed by atoms with Crippen LogP contribution in [0.25, 0.3) is 0 Å². The average Bonchev–Trinajstić information content (AvgIpc) is 3.09. The lowest BCUT2D eigenvalue weighted by molar-refractivity contribution is -0.145. The summed E-state index contributed by atoms with van der Waals surface area (Å²) in [4.78, 5) is 24.8. The first kappa shape index (κ1) is 14.2. The highest BCUT2D eigenvalue weighted by molar-refractivity contribution is 9.10. The van der Waals surface area contributed by atoms with Gasteiger partial charge in [0.2, 0.25) is 5.91 Å². The number of hydrogen-bond donors (Lipinski definition) is 1. The first-order valence-electron chi connectivity index (χ1n) is 7.74. The average molecular weight is 364 g/mol. The Morgan fingerprint density at radius 1 is 1.27 bits per heavy atom. The topological polar surface area (TPSA) is 55.4 Å². The van der Waals surface area contributed by atoms with Crippen molar-refractivity contribution in [3.8, 4) is 0 Å². The summed E-state index contributed by atoms with van der Waals surface area (Å²) in [5, 5.41) is 3.04. The second kappa shape index (κ2) is 4.82. The molecule has 1 heterocycles. The Hall–Kier alpha value is -1.36. The van der Waals surface area contributed by atoms with Crippen molar-refractivity contribution in [2.75, 3.05) is 5.32 Å². The minimum atomic E-state index is -0.223. The van der Waals surface area contributed by atoms with Gasteiger partial charge >= 0.3 is 5.97 Å². The zero-order chi connectivity index (χ0) is 15.6. The number of benzene rings is 1. The molecule has 5 atom stereocenters. The highest BCUT2D eigenvalue weighted by atomic mass is 79.9. The Labute approximate surface area is 137 Å². The van der Waals surface area contributed by atoms with E-state index in [4.69, 9.17) is 4.74 Å². The molecule has 0 aromatic heterocycles. The van der Waals surface area contributed by atoms with Crippen molar-refractivity contribution in [1.82, 2.24) is 0 Å². The first-order valence-corrected chi connectivity index (χ1v) is 8.53. The van der Waals surface area contributed by atoms with Crippen molar-refractivity contribution in [3.05, 3.63) is 27.7 Å². The summed E-state index contributed by atoms with van der Waals surface area (Å²) in [6.45, 7) is 4.02. The highest BCUT2D eigenvalue weighted by Gasteiger charge is 2.63. The Kier molecular flexibility index (Phi) is 3.12. The van der Waals surface area contributed by atoms with Crippen LogP contribution in [0, 0.1) is 37.5 Å². The van der Waals surface area contributed by atoms with Crippen molar-refractivity contribution in [3.63, 3.8) is 0 Å². The van der Waals surface area contributed by atoms with E-state index in [1.54, 1.807) is 0 Å². The summed E-state index contributed by atoms with van der Waals surface area (Å²) >= 11 is 3.50. The normalized spacial score (nSPS) is 34.9. The fourth-order valence-electron chi connectivity index (χ4n) is 4.50. The van der Waals surface area contributed by atoms with E-state index in [1.807, 2.05) is 26.0 Å². The molecule has 1 saturated heterocycles. The highest BCUT2D eigenvalue weighted by Crippen LogP contribution is 2.57. The Balaban J connectivity index is 1.59. The molecule has 2 bridgehead atoms. The van der Waals surface area contributed by atoms with E-state index in [0.29, 0.717) is 5.92 Å². The van der Waals surface area contributed by atoms with Crippen LogP contribution >= 0.6 is 15.9 Å². The minimum absolute atomic E-state index is 0.0281.